The molecule has 0 saturated carbocycles. The Kier molecular flexibility index (Phi) is 5.51. The molecule has 0 aromatic heterocycles. The molecule has 57 valence electrons. The molecule has 0 aliphatic heterocycles. The molecule has 0 fully saturated rings. The molecule has 1 radical (unpaired) electrons. The maximum Gasteiger partial charge on any atom is 0 e. The Morgan fingerprint density at radius 1 is 1.09 bits per heavy atom. The van der Waals surface area contributed by atoms with E-state index in [1.54, 1.807) is 0 Å². The van der Waals surface area contributed by atoms with Crippen LogP contribution in [-0.2, 0) is 25.8 Å². The number of rotatable bonds is 2. The standard InChI is InChI=1S/C9H12N.Sc/c1-10(2)8-9-6-4-3-5-7-9;/h3-8H,1-2H3;/q-1;. The van der Waals surface area contributed by atoms with Crippen LogP contribution < -0.4 is 0 Å². The number of hydrogen-bond acceptors (Lipinski definition) is 1. The largest absolute Gasteiger partial charge is 0.339 e. The zero-order chi connectivity index (χ0) is 7.40. The van der Waals surface area contributed by atoms with Gasteiger partial charge in [-0.05, 0) is 14.1 Å². The fourth-order valence-corrected chi connectivity index (χ4v) is 0.837. The summed E-state index contributed by atoms with van der Waals surface area (Å²) in [5.74, 6) is 0. The quantitative estimate of drug-likeness (QED) is 0.625. The molecule has 1 aromatic rings. The van der Waals surface area contributed by atoms with Crippen molar-refractivity contribution in [2.45, 2.75) is 0 Å². The van der Waals surface area contributed by atoms with Crippen molar-refractivity contribution < 1.29 is 25.8 Å². The first-order chi connectivity index (χ1) is 4.79. The molecule has 0 saturated heterocycles. The maximum absolute atomic E-state index is 2.08. The van der Waals surface area contributed by atoms with Crippen LogP contribution in [0.15, 0.2) is 30.3 Å². The minimum atomic E-state index is 0. The van der Waals surface area contributed by atoms with Crippen molar-refractivity contribution in [2.75, 3.05) is 14.1 Å². The Bertz CT molecular complexity index is 184. The summed E-state index contributed by atoms with van der Waals surface area (Å²) in [5.41, 5.74) is 1.24. The van der Waals surface area contributed by atoms with Gasteiger partial charge in [-0.3, -0.25) is 0 Å². The monoisotopic (exact) mass is 179 g/mol. The first kappa shape index (κ1) is 10.9. The molecule has 0 heterocycles. The Balaban J connectivity index is 0.000001000. The van der Waals surface area contributed by atoms with Gasteiger partial charge in [0.2, 0.25) is 0 Å². The van der Waals surface area contributed by atoms with Crippen LogP contribution in [0.3, 0.4) is 0 Å². The van der Waals surface area contributed by atoms with Crippen molar-refractivity contribution >= 4 is 0 Å². The third kappa shape index (κ3) is 4.38. The first-order valence-electron chi connectivity index (χ1n) is 3.35. The second-order valence-corrected chi connectivity index (χ2v) is 2.50. The summed E-state index contributed by atoms with van der Waals surface area (Å²) in [5, 5.41) is 0. The molecule has 1 nitrogen and oxygen atoms in total. The molecule has 0 atom stereocenters. The molecule has 11 heavy (non-hydrogen) atoms. The van der Waals surface area contributed by atoms with Gasteiger partial charge in [0, 0.05) is 25.8 Å². The fourth-order valence-electron chi connectivity index (χ4n) is 0.837. The zero-order valence-corrected chi connectivity index (χ0v) is 8.79. The van der Waals surface area contributed by atoms with Crippen molar-refractivity contribution in [1.82, 2.24) is 4.90 Å². The molecule has 0 N–H and O–H groups in total. The molecule has 1 aromatic carbocycles. The summed E-state index contributed by atoms with van der Waals surface area (Å²) in [4.78, 5) is 2.04. The summed E-state index contributed by atoms with van der Waals surface area (Å²) in [6.45, 7) is 2.08. The predicted octanol–water partition coefficient (Wildman–Crippen LogP) is 1.76. The van der Waals surface area contributed by atoms with Crippen LogP contribution in [0.2, 0.25) is 0 Å². The zero-order valence-electron chi connectivity index (χ0n) is 6.99. The van der Waals surface area contributed by atoms with Gasteiger partial charge >= 0.3 is 0 Å². The van der Waals surface area contributed by atoms with Crippen molar-refractivity contribution in [3.8, 4) is 0 Å². The number of benzene rings is 1. The summed E-state index contributed by atoms with van der Waals surface area (Å²) in [6, 6.07) is 10.3. The second kappa shape index (κ2) is 5.56. The van der Waals surface area contributed by atoms with Crippen LogP contribution in [0, 0.1) is 6.54 Å². The molecule has 0 bridgehead atoms. The fraction of sp³-hybridized carbons (Fsp3) is 0.222. The van der Waals surface area contributed by atoms with Gasteiger partial charge in [-0.15, -0.1) is 18.7 Å². The van der Waals surface area contributed by atoms with E-state index in [1.165, 1.54) is 5.56 Å². The van der Waals surface area contributed by atoms with Gasteiger partial charge < -0.3 is 4.90 Å². The molecule has 1 rings (SSSR count). The molecule has 0 aliphatic carbocycles. The van der Waals surface area contributed by atoms with E-state index >= 15 is 0 Å². The van der Waals surface area contributed by atoms with Crippen molar-refractivity contribution in [3.63, 3.8) is 0 Å². The molecular formula is C9H12NSc-. The second-order valence-electron chi connectivity index (χ2n) is 2.50. The maximum atomic E-state index is 2.08. The first-order valence-corrected chi connectivity index (χ1v) is 3.35. The van der Waals surface area contributed by atoms with Crippen molar-refractivity contribution in [3.05, 3.63) is 42.4 Å². The number of nitrogens with zero attached hydrogens (tertiary/aromatic N) is 1. The average Bonchev–Trinajstić information content (AvgIpc) is 1.88. The van der Waals surface area contributed by atoms with Gasteiger partial charge in [0.05, 0.1) is 0 Å². The molecule has 0 aliphatic rings. The van der Waals surface area contributed by atoms with Gasteiger partial charge in [0.1, 0.15) is 0 Å². The summed E-state index contributed by atoms with van der Waals surface area (Å²) >= 11 is 0. The van der Waals surface area contributed by atoms with E-state index in [4.69, 9.17) is 0 Å². The summed E-state index contributed by atoms with van der Waals surface area (Å²) in [7, 11) is 4.04. The van der Waals surface area contributed by atoms with Crippen LogP contribution in [-0.4, -0.2) is 19.0 Å². The van der Waals surface area contributed by atoms with Crippen LogP contribution in [0.25, 0.3) is 0 Å². The molecule has 0 unspecified atom stereocenters. The van der Waals surface area contributed by atoms with E-state index in [-0.39, 0.29) is 25.8 Å². The number of hydrogen-bond donors (Lipinski definition) is 0. The van der Waals surface area contributed by atoms with Crippen LogP contribution >= 0.6 is 0 Å². The van der Waals surface area contributed by atoms with Gasteiger partial charge in [0.15, 0.2) is 0 Å². The van der Waals surface area contributed by atoms with Gasteiger partial charge in [-0.1, -0.05) is 6.07 Å². The Hall–Kier alpha value is -0.0799. The Morgan fingerprint density at radius 2 is 1.64 bits per heavy atom. The summed E-state index contributed by atoms with van der Waals surface area (Å²) < 4.78 is 0. The Morgan fingerprint density at radius 3 is 2.09 bits per heavy atom. The summed E-state index contributed by atoms with van der Waals surface area (Å²) in [6.07, 6.45) is 0. The van der Waals surface area contributed by atoms with Crippen molar-refractivity contribution in [1.29, 1.82) is 0 Å². The van der Waals surface area contributed by atoms with Crippen molar-refractivity contribution in [2.24, 2.45) is 0 Å². The Labute approximate surface area is 87.2 Å². The van der Waals surface area contributed by atoms with Gasteiger partial charge in [-0.2, -0.15) is 17.7 Å². The van der Waals surface area contributed by atoms with E-state index in [9.17, 15) is 0 Å². The van der Waals surface area contributed by atoms with Gasteiger partial charge in [0.25, 0.3) is 0 Å². The third-order valence-corrected chi connectivity index (χ3v) is 1.21. The smallest absolute Gasteiger partial charge is 0 e. The van der Waals surface area contributed by atoms with Crippen LogP contribution in [0.1, 0.15) is 5.56 Å². The van der Waals surface area contributed by atoms with E-state index < -0.39 is 0 Å². The van der Waals surface area contributed by atoms with Gasteiger partial charge in [-0.25, -0.2) is 0 Å². The topological polar surface area (TPSA) is 3.24 Å². The SMILES string of the molecule is CN(C)[CH-]c1ccccc1.[Sc]. The molecule has 0 amide bonds. The molecule has 0 spiro atoms. The van der Waals surface area contributed by atoms with Crippen LogP contribution in [0.5, 0.6) is 0 Å². The minimum Gasteiger partial charge on any atom is -0.339 e. The average molecular weight is 179 g/mol. The predicted molar refractivity (Wildman–Crippen MR) is 43.5 cm³/mol. The van der Waals surface area contributed by atoms with E-state index in [0.717, 1.165) is 0 Å². The van der Waals surface area contributed by atoms with E-state index in [0.29, 0.717) is 0 Å². The molecular weight excluding hydrogens is 167 g/mol. The van der Waals surface area contributed by atoms with Crippen LogP contribution in [0.4, 0.5) is 0 Å². The molecule has 2 heteroatoms. The minimum absolute atomic E-state index is 0. The third-order valence-electron chi connectivity index (χ3n) is 1.21. The van der Waals surface area contributed by atoms with E-state index in [2.05, 4.69) is 18.7 Å². The normalized spacial score (nSPS) is 9.00. The van der Waals surface area contributed by atoms with E-state index in [1.807, 2.05) is 37.2 Å².